The largest absolute Gasteiger partial charge is 0.534 e. The van der Waals surface area contributed by atoms with Crippen molar-refractivity contribution in [3.8, 4) is 0 Å². The molecule has 1 fully saturated rings. The number of hydroxylamine groups is 2. The number of likely N-dealkylation sites (N-methyl/N-ethyl adjacent to an activating group) is 1. The first kappa shape index (κ1) is 10.5. The van der Waals surface area contributed by atoms with Crippen molar-refractivity contribution in [1.82, 2.24) is 5.06 Å². The maximum Gasteiger partial charge on any atom is 0.534 e. The first-order valence-corrected chi connectivity index (χ1v) is 4.78. The molecule has 0 spiro atoms. The van der Waals surface area contributed by atoms with Gasteiger partial charge in [-0.05, 0) is 6.92 Å². The van der Waals surface area contributed by atoms with E-state index in [0.29, 0.717) is 5.56 Å². The summed E-state index contributed by atoms with van der Waals surface area (Å²) in [4.78, 5) is 27.6. The summed E-state index contributed by atoms with van der Waals surface area (Å²) in [5.74, 6) is -0.418. The molecule has 0 unspecified atom stereocenters. The average Bonchev–Trinajstić information content (AvgIpc) is 2.27. The number of carbonyl (C=O) groups excluding carboxylic acids is 2. The lowest BCUT2D eigenvalue weighted by Gasteiger charge is -2.35. The number of cyclic esters (lactones) is 1. The molecule has 5 nitrogen and oxygen atoms in total. The fourth-order valence-electron chi connectivity index (χ4n) is 1.62. The number of hydrogen-bond acceptors (Lipinski definition) is 4. The van der Waals surface area contributed by atoms with E-state index in [1.54, 1.807) is 31.2 Å². The minimum absolute atomic E-state index is 0.418. The second-order valence-corrected chi connectivity index (χ2v) is 3.65. The van der Waals surface area contributed by atoms with Gasteiger partial charge in [0.15, 0.2) is 0 Å². The summed E-state index contributed by atoms with van der Waals surface area (Å²) in [5.41, 5.74) is -0.700. The van der Waals surface area contributed by atoms with Gasteiger partial charge in [0.05, 0.1) is 0 Å². The topological polar surface area (TPSA) is 55.8 Å². The molecule has 0 N–H and O–H groups in total. The normalized spacial score (nSPS) is 25.0. The monoisotopic (exact) mass is 221 g/mol. The van der Waals surface area contributed by atoms with Crippen LogP contribution in [0.2, 0.25) is 0 Å². The van der Waals surface area contributed by atoms with Gasteiger partial charge < -0.3 is 9.57 Å². The molecule has 2 rings (SSSR count). The molecule has 0 aliphatic carbocycles. The Balaban J connectivity index is 2.43. The third kappa shape index (κ3) is 1.50. The van der Waals surface area contributed by atoms with Gasteiger partial charge in [-0.2, -0.15) is 5.06 Å². The van der Waals surface area contributed by atoms with E-state index in [4.69, 9.17) is 4.74 Å². The van der Waals surface area contributed by atoms with Crippen LogP contribution in [0.3, 0.4) is 0 Å². The minimum Gasteiger partial charge on any atom is -0.411 e. The Morgan fingerprint density at radius 2 is 1.81 bits per heavy atom. The van der Waals surface area contributed by atoms with Crippen molar-refractivity contribution in [1.29, 1.82) is 0 Å². The number of rotatable bonds is 1. The first-order chi connectivity index (χ1) is 7.54. The maximum atomic E-state index is 11.9. The highest BCUT2D eigenvalue weighted by molar-refractivity contribution is 5.89. The fourth-order valence-corrected chi connectivity index (χ4v) is 1.62. The minimum atomic E-state index is -1.31. The number of hydrogen-bond donors (Lipinski definition) is 0. The van der Waals surface area contributed by atoms with E-state index < -0.39 is 17.7 Å². The van der Waals surface area contributed by atoms with E-state index in [9.17, 15) is 9.59 Å². The highest BCUT2D eigenvalue weighted by Gasteiger charge is 2.47. The summed E-state index contributed by atoms with van der Waals surface area (Å²) in [6, 6.07) is 8.82. The Hall–Kier alpha value is -2.04. The molecule has 0 bridgehead atoms. The molecule has 16 heavy (non-hydrogen) atoms. The van der Waals surface area contributed by atoms with Crippen LogP contribution in [0.1, 0.15) is 12.5 Å². The highest BCUT2D eigenvalue weighted by Crippen LogP contribution is 2.31. The molecule has 1 aliphatic rings. The number of nitrogens with zero attached hydrogens (tertiary/aromatic N) is 1. The van der Waals surface area contributed by atoms with Crippen molar-refractivity contribution < 1.29 is 19.2 Å². The SMILES string of the molecule is CN1OC(=O)O[C@](C)(c2ccccc2)C1=O. The van der Waals surface area contributed by atoms with Gasteiger partial charge in [-0.25, -0.2) is 4.79 Å². The van der Waals surface area contributed by atoms with Gasteiger partial charge in [-0.1, -0.05) is 30.3 Å². The van der Waals surface area contributed by atoms with Gasteiger partial charge in [-0.3, -0.25) is 4.79 Å². The van der Waals surface area contributed by atoms with Crippen molar-refractivity contribution in [2.45, 2.75) is 12.5 Å². The molecular weight excluding hydrogens is 210 g/mol. The van der Waals surface area contributed by atoms with Crippen LogP contribution in [0.25, 0.3) is 0 Å². The van der Waals surface area contributed by atoms with Gasteiger partial charge in [-0.15, -0.1) is 0 Å². The molecule has 5 heteroatoms. The number of ether oxygens (including phenoxy) is 1. The van der Waals surface area contributed by atoms with Crippen LogP contribution < -0.4 is 0 Å². The molecule has 84 valence electrons. The predicted molar refractivity (Wildman–Crippen MR) is 54.1 cm³/mol. The summed E-state index contributed by atoms with van der Waals surface area (Å²) >= 11 is 0. The lowest BCUT2D eigenvalue weighted by molar-refractivity contribution is -0.213. The van der Waals surface area contributed by atoms with Gasteiger partial charge in [0.25, 0.3) is 0 Å². The van der Waals surface area contributed by atoms with Crippen LogP contribution in [-0.4, -0.2) is 24.2 Å². The van der Waals surface area contributed by atoms with Crippen LogP contribution in [-0.2, 0) is 20.0 Å². The summed E-state index contributed by atoms with van der Waals surface area (Å²) in [6.45, 7) is 1.54. The van der Waals surface area contributed by atoms with Crippen molar-refractivity contribution in [3.05, 3.63) is 35.9 Å². The van der Waals surface area contributed by atoms with E-state index in [1.807, 2.05) is 6.07 Å². The van der Waals surface area contributed by atoms with Crippen LogP contribution in [0.4, 0.5) is 4.79 Å². The van der Waals surface area contributed by atoms with Crippen molar-refractivity contribution in [2.24, 2.45) is 0 Å². The molecule has 1 aliphatic heterocycles. The first-order valence-electron chi connectivity index (χ1n) is 4.78. The number of benzene rings is 1. The lowest BCUT2D eigenvalue weighted by Crippen LogP contribution is -2.52. The van der Waals surface area contributed by atoms with Gasteiger partial charge in [0.1, 0.15) is 0 Å². The number of amides is 1. The lowest BCUT2D eigenvalue weighted by atomic mass is 9.94. The molecule has 1 heterocycles. The summed E-state index contributed by atoms with van der Waals surface area (Å²) in [5, 5.41) is 0.888. The zero-order valence-electron chi connectivity index (χ0n) is 8.97. The van der Waals surface area contributed by atoms with Crippen molar-refractivity contribution >= 4 is 12.1 Å². The quantitative estimate of drug-likeness (QED) is 0.673. The zero-order valence-corrected chi connectivity index (χ0v) is 8.97. The van der Waals surface area contributed by atoms with Gasteiger partial charge in [0, 0.05) is 12.6 Å². The Labute approximate surface area is 92.5 Å². The van der Waals surface area contributed by atoms with Crippen LogP contribution >= 0.6 is 0 Å². The van der Waals surface area contributed by atoms with Crippen LogP contribution in [0.15, 0.2) is 30.3 Å². The second kappa shape index (κ2) is 3.52. The Kier molecular flexibility index (Phi) is 2.30. The Morgan fingerprint density at radius 3 is 2.44 bits per heavy atom. The molecular formula is C11H11NO4. The van der Waals surface area contributed by atoms with Crippen molar-refractivity contribution in [3.63, 3.8) is 0 Å². The summed E-state index contributed by atoms with van der Waals surface area (Å²) < 4.78 is 4.99. The summed E-state index contributed by atoms with van der Waals surface area (Å²) in [6.07, 6.45) is -0.881. The van der Waals surface area contributed by atoms with Gasteiger partial charge in [0.2, 0.25) is 5.60 Å². The highest BCUT2D eigenvalue weighted by atomic mass is 16.8. The molecule has 1 aromatic rings. The molecule has 1 saturated heterocycles. The molecule has 1 aromatic carbocycles. The third-order valence-electron chi connectivity index (χ3n) is 2.52. The third-order valence-corrected chi connectivity index (χ3v) is 2.52. The van der Waals surface area contributed by atoms with E-state index in [-0.39, 0.29) is 0 Å². The Bertz CT molecular complexity index is 431. The van der Waals surface area contributed by atoms with Crippen LogP contribution in [0, 0.1) is 0 Å². The van der Waals surface area contributed by atoms with E-state index in [1.165, 1.54) is 7.05 Å². The molecule has 0 radical (unpaired) electrons. The predicted octanol–water partition coefficient (Wildman–Crippen LogP) is 1.44. The van der Waals surface area contributed by atoms with Gasteiger partial charge >= 0.3 is 12.1 Å². The smallest absolute Gasteiger partial charge is 0.411 e. The Morgan fingerprint density at radius 1 is 1.19 bits per heavy atom. The molecule has 0 saturated carbocycles. The van der Waals surface area contributed by atoms with Crippen molar-refractivity contribution in [2.75, 3.05) is 7.05 Å². The maximum absolute atomic E-state index is 11.9. The van der Waals surface area contributed by atoms with E-state index >= 15 is 0 Å². The number of carbonyl (C=O) groups is 2. The second-order valence-electron chi connectivity index (χ2n) is 3.65. The standard InChI is InChI=1S/C11H11NO4/c1-11(8-6-4-3-5-7-8)9(13)12(2)16-10(14)15-11/h3-7H,1-2H3/t11-/m1/s1. The average molecular weight is 221 g/mol. The zero-order chi connectivity index (χ0) is 11.8. The summed E-state index contributed by atoms with van der Waals surface area (Å²) in [7, 11) is 1.38. The van der Waals surface area contributed by atoms with E-state index in [0.717, 1.165) is 5.06 Å². The molecule has 1 amide bonds. The van der Waals surface area contributed by atoms with Crippen LogP contribution in [0.5, 0.6) is 0 Å². The molecule has 0 aromatic heterocycles. The fraction of sp³-hybridized carbons (Fsp3) is 0.273. The van der Waals surface area contributed by atoms with E-state index in [2.05, 4.69) is 4.84 Å². The molecule has 1 atom stereocenters.